The van der Waals surface area contributed by atoms with Crippen molar-refractivity contribution in [1.29, 1.82) is 0 Å². The van der Waals surface area contributed by atoms with Crippen LogP contribution in [-0.4, -0.2) is 61.8 Å². The number of nitrogens with zero attached hydrogens (tertiary/aromatic N) is 2. The lowest BCUT2D eigenvalue weighted by Crippen LogP contribution is -2.48. The first-order valence-electron chi connectivity index (χ1n) is 7.94. The molecule has 0 aromatic rings. The molecule has 3 nitrogen and oxygen atoms in total. The summed E-state index contributed by atoms with van der Waals surface area (Å²) in [4.78, 5) is 5.37. The molecule has 106 valence electrons. The molecule has 0 N–H and O–H groups in total. The third-order valence-electron chi connectivity index (χ3n) is 4.39. The number of rotatable bonds is 5. The minimum absolute atomic E-state index is 0.818. The number of hydrogen-bond donors (Lipinski definition) is 0. The van der Waals surface area contributed by atoms with E-state index in [-0.39, 0.29) is 0 Å². The highest BCUT2D eigenvalue weighted by Gasteiger charge is 2.25. The fourth-order valence-electron chi connectivity index (χ4n) is 3.33. The lowest BCUT2D eigenvalue weighted by molar-refractivity contribution is 0.0668. The highest BCUT2D eigenvalue weighted by molar-refractivity contribution is 4.81. The lowest BCUT2D eigenvalue weighted by Gasteiger charge is -2.39. The summed E-state index contributed by atoms with van der Waals surface area (Å²) in [5.74, 6) is 0. The quantitative estimate of drug-likeness (QED) is 0.701. The first-order chi connectivity index (χ1) is 8.90. The van der Waals surface area contributed by atoms with Crippen LogP contribution in [0.4, 0.5) is 0 Å². The zero-order chi connectivity index (χ0) is 12.6. The van der Waals surface area contributed by atoms with E-state index in [0.717, 1.165) is 25.8 Å². The Labute approximate surface area is 112 Å². The van der Waals surface area contributed by atoms with Crippen molar-refractivity contribution in [3.63, 3.8) is 0 Å². The van der Waals surface area contributed by atoms with E-state index < -0.39 is 0 Å². The average Bonchev–Trinajstić information content (AvgIpc) is 2.68. The van der Waals surface area contributed by atoms with Gasteiger partial charge in [-0.1, -0.05) is 12.8 Å². The third-order valence-corrected chi connectivity index (χ3v) is 4.39. The lowest BCUT2D eigenvalue weighted by atomic mass is 10.0. The number of hydrogen-bond acceptors (Lipinski definition) is 3. The molecule has 2 saturated heterocycles. The third kappa shape index (κ3) is 4.52. The maximum absolute atomic E-state index is 5.48. The van der Waals surface area contributed by atoms with Crippen LogP contribution in [0, 0.1) is 0 Å². The molecule has 2 heterocycles. The molecule has 1 atom stereocenters. The van der Waals surface area contributed by atoms with E-state index in [1.54, 1.807) is 0 Å². The molecule has 0 aromatic carbocycles. The largest absolute Gasteiger partial charge is 0.380 e. The molecule has 3 heteroatoms. The predicted molar refractivity (Wildman–Crippen MR) is 76.0 cm³/mol. The van der Waals surface area contributed by atoms with E-state index in [4.69, 9.17) is 4.74 Å². The molecule has 0 unspecified atom stereocenters. The molecular weight excluding hydrogens is 224 g/mol. The van der Waals surface area contributed by atoms with Crippen molar-refractivity contribution in [3.05, 3.63) is 0 Å². The van der Waals surface area contributed by atoms with Gasteiger partial charge in [0.25, 0.3) is 0 Å². The van der Waals surface area contributed by atoms with Gasteiger partial charge in [0.05, 0.1) is 6.61 Å². The standard InChI is InChI=1S/C15H30N2O/c1-2-18-13-12-16-9-7-8-15(14-16)17-10-5-3-4-6-11-17/h15H,2-14H2,1H3/t15-/m0/s1. The minimum Gasteiger partial charge on any atom is -0.380 e. The summed E-state index contributed by atoms with van der Waals surface area (Å²) in [6.07, 6.45) is 8.48. The van der Waals surface area contributed by atoms with Crippen molar-refractivity contribution in [1.82, 2.24) is 9.80 Å². The Balaban J connectivity index is 1.74. The highest BCUT2D eigenvalue weighted by atomic mass is 16.5. The molecule has 0 spiro atoms. The van der Waals surface area contributed by atoms with Crippen LogP contribution in [0.5, 0.6) is 0 Å². The fraction of sp³-hybridized carbons (Fsp3) is 1.00. The number of ether oxygens (including phenoxy) is 1. The first-order valence-corrected chi connectivity index (χ1v) is 7.94. The van der Waals surface area contributed by atoms with Gasteiger partial charge in [-0.15, -0.1) is 0 Å². The Bertz CT molecular complexity index is 215. The Hall–Kier alpha value is -0.120. The number of piperidine rings is 1. The topological polar surface area (TPSA) is 15.7 Å². The van der Waals surface area contributed by atoms with Crippen molar-refractivity contribution in [2.45, 2.75) is 51.5 Å². The Morgan fingerprint density at radius 2 is 1.78 bits per heavy atom. The second-order valence-electron chi connectivity index (χ2n) is 5.74. The molecule has 18 heavy (non-hydrogen) atoms. The molecule has 0 saturated carbocycles. The van der Waals surface area contributed by atoms with Gasteiger partial charge in [-0.25, -0.2) is 0 Å². The molecule has 2 aliphatic heterocycles. The van der Waals surface area contributed by atoms with Crippen molar-refractivity contribution < 1.29 is 4.74 Å². The minimum atomic E-state index is 0.818. The normalized spacial score (nSPS) is 28.2. The van der Waals surface area contributed by atoms with E-state index in [9.17, 15) is 0 Å². The van der Waals surface area contributed by atoms with Crippen LogP contribution in [0.3, 0.4) is 0 Å². The highest BCUT2D eigenvalue weighted by Crippen LogP contribution is 2.19. The predicted octanol–water partition coefficient (Wildman–Crippen LogP) is 2.36. The zero-order valence-electron chi connectivity index (χ0n) is 12.1. The van der Waals surface area contributed by atoms with Crippen LogP contribution < -0.4 is 0 Å². The Morgan fingerprint density at radius 1 is 1.00 bits per heavy atom. The van der Waals surface area contributed by atoms with E-state index in [1.165, 1.54) is 64.7 Å². The number of likely N-dealkylation sites (tertiary alicyclic amines) is 2. The van der Waals surface area contributed by atoms with E-state index in [1.807, 2.05) is 0 Å². The van der Waals surface area contributed by atoms with Crippen molar-refractivity contribution in [3.8, 4) is 0 Å². The molecule has 0 amide bonds. The smallest absolute Gasteiger partial charge is 0.0593 e. The summed E-state index contributed by atoms with van der Waals surface area (Å²) in [5.41, 5.74) is 0. The SMILES string of the molecule is CCOCCN1CCC[C@H](N2CCCCCC2)C1. The summed E-state index contributed by atoms with van der Waals surface area (Å²) < 4.78 is 5.48. The molecule has 0 radical (unpaired) electrons. The summed E-state index contributed by atoms with van der Waals surface area (Å²) in [7, 11) is 0. The van der Waals surface area contributed by atoms with Crippen LogP contribution in [0.2, 0.25) is 0 Å². The van der Waals surface area contributed by atoms with Gasteiger partial charge >= 0.3 is 0 Å². The second kappa shape index (κ2) is 8.13. The van der Waals surface area contributed by atoms with E-state index in [2.05, 4.69) is 16.7 Å². The summed E-state index contributed by atoms with van der Waals surface area (Å²) >= 11 is 0. The first kappa shape index (κ1) is 14.3. The van der Waals surface area contributed by atoms with Gasteiger partial charge < -0.3 is 4.74 Å². The van der Waals surface area contributed by atoms with Gasteiger partial charge in [0.15, 0.2) is 0 Å². The van der Waals surface area contributed by atoms with Crippen molar-refractivity contribution >= 4 is 0 Å². The van der Waals surface area contributed by atoms with Gasteiger partial charge in [-0.2, -0.15) is 0 Å². The molecule has 0 aliphatic carbocycles. The Kier molecular flexibility index (Phi) is 6.46. The monoisotopic (exact) mass is 254 g/mol. The molecule has 0 bridgehead atoms. The maximum Gasteiger partial charge on any atom is 0.0593 e. The fourth-order valence-corrected chi connectivity index (χ4v) is 3.33. The second-order valence-corrected chi connectivity index (χ2v) is 5.74. The Morgan fingerprint density at radius 3 is 2.50 bits per heavy atom. The zero-order valence-corrected chi connectivity index (χ0v) is 12.1. The van der Waals surface area contributed by atoms with Crippen LogP contribution in [0.15, 0.2) is 0 Å². The van der Waals surface area contributed by atoms with Crippen LogP contribution in [0.25, 0.3) is 0 Å². The van der Waals surface area contributed by atoms with Crippen LogP contribution in [-0.2, 0) is 4.74 Å². The van der Waals surface area contributed by atoms with E-state index in [0.29, 0.717) is 0 Å². The summed E-state index contributed by atoms with van der Waals surface area (Å²) in [6, 6.07) is 0.818. The van der Waals surface area contributed by atoms with Crippen LogP contribution >= 0.6 is 0 Å². The van der Waals surface area contributed by atoms with Crippen molar-refractivity contribution in [2.75, 3.05) is 45.9 Å². The molecule has 0 aromatic heterocycles. The molecule has 2 rings (SSSR count). The molecule has 2 fully saturated rings. The van der Waals surface area contributed by atoms with Gasteiger partial charge in [0, 0.05) is 25.7 Å². The maximum atomic E-state index is 5.48. The van der Waals surface area contributed by atoms with Crippen molar-refractivity contribution in [2.24, 2.45) is 0 Å². The van der Waals surface area contributed by atoms with Gasteiger partial charge in [-0.3, -0.25) is 9.80 Å². The average molecular weight is 254 g/mol. The van der Waals surface area contributed by atoms with Gasteiger partial charge in [-0.05, 0) is 52.2 Å². The van der Waals surface area contributed by atoms with Gasteiger partial charge in [0.2, 0.25) is 0 Å². The molecular formula is C15H30N2O. The van der Waals surface area contributed by atoms with Gasteiger partial charge in [0.1, 0.15) is 0 Å². The van der Waals surface area contributed by atoms with Crippen LogP contribution in [0.1, 0.15) is 45.4 Å². The molecule has 2 aliphatic rings. The summed E-state index contributed by atoms with van der Waals surface area (Å²) in [6.45, 7) is 10.2. The van der Waals surface area contributed by atoms with E-state index >= 15 is 0 Å². The summed E-state index contributed by atoms with van der Waals surface area (Å²) in [5, 5.41) is 0.